The Kier molecular flexibility index (Phi) is 11.6. The second kappa shape index (κ2) is 13.1. The molecule has 9 heteroatoms. The number of aliphatic imine (C=N–C) groups is 1. The summed E-state index contributed by atoms with van der Waals surface area (Å²) < 4.78 is 32.4. The number of anilines is 1. The van der Waals surface area contributed by atoms with Crippen LogP contribution in [-0.2, 0) is 4.74 Å². The van der Waals surface area contributed by atoms with Gasteiger partial charge in [0.15, 0.2) is 5.96 Å². The highest BCUT2D eigenvalue weighted by Crippen LogP contribution is 2.21. The number of ether oxygens (including phenoxy) is 1. The van der Waals surface area contributed by atoms with Crippen LogP contribution in [0.4, 0.5) is 14.5 Å². The number of hydrogen-bond acceptors (Lipinski definition) is 4. The molecule has 0 amide bonds. The number of benzene rings is 1. The lowest BCUT2D eigenvalue weighted by Gasteiger charge is -2.37. The molecule has 0 radical (unpaired) electrons. The van der Waals surface area contributed by atoms with Crippen molar-refractivity contribution in [3.63, 3.8) is 0 Å². The minimum absolute atomic E-state index is 0. The number of rotatable bonds is 8. The quantitative estimate of drug-likeness (QED) is 0.251. The predicted octanol–water partition coefficient (Wildman–Crippen LogP) is 2.25. The van der Waals surface area contributed by atoms with Crippen LogP contribution in [0.2, 0.25) is 0 Å². The van der Waals surface area contributed by atoms with Crippen molar-refractivity contribution >= 4 is 35.6 Å². The molecule has 6 nitrogen and oxygen atoms in total. The van der Waals surface area contributed by atoms with Crippen molar-refractivity contribution in [2.24, 2.45) is 4.99 Å². The number of piperazine rings is 1. The molecule has 2 rings (SSSR count). The number of methoxy groups -OCH3 is 1. The van der Waals surface area contributed by atoms with Gasteiger partial charge in [0, 0.05) is 59.5 Å². The normalized spacial score (nSPS) is 15.0. The van der Waals surface area contributed by atoms with E-state index < -0.39 is 5.82 Å². The van der Waals surface area contributed by atoms with Crippen molar-refractivity contribution in [3.05, 3.63) is 29.8 Å². The number of guanidine groups is 1. The van der Waals surface area contributed by atoms with E-state index in [-0.39, 0.29) is 29.8 Å². The van der Waals surface area contributed by atoms with E-state index in [1.807, 2.05) is 4.90 Å². The summed E-state index contributed by atoms with van der Waals surface area (Å²) >= 11 is 0. The molecule has 0 bridgehead atoms. The van der Waals surface area contributed by atoms with E-state index in [1.165, 1.54) is 12.1 Å². The first-order valence-corrected chi connectivity index (χ1v) is 9.38. The van der Waals surface area contributed by atoms with Gasteiger partial charge in [0.2, 0.25) is 0 Å². The Hall–Kier alpha value is -1.20. The van der Waals surface area contributed by atoms with E-state index in [0.29, 0.717) is 31.9 Å². The van der Waals surface area contributed by atoms with Crippen molar-refractivity contribution in [2.45, 2.75) is 6.42 Å². The van der Waals surface area contributed by atoms with Crippen LogP contribution in [0.15, 0.2) is 23.2 Å². The minimum Gasteiger partial charge on any atom is -0.383 e. The van der Waals surface area contributed by atoms with Gasteiger partial charge < -0.3 is 24.8 Å². The number of hydrogen-bond donors (Lipinski definition) is 1. The largest absolute Gasteiger partial charge is 0.383 e. The van der Waals surface area contributed by atoms with Gasteiger partial charge in [-0.1, -0.05) is 0 Å². The summed E-state index contributed by atoms with van der Waals surface area (Å²) in [5, 5.41) is 3.39. The van der Waals surface area contributed by atoms with Crippen LogP contribution >= 0.6 is 24.0 Å². The van der Waals surface area contributed by atoms with Gasteiger partial charge in [-0.05, 0) is 32.1 Å². The smallest absolute Gasteiger partial charge is 0.193 e. The fourth-order valence-electron chi connectivity index (χ4n) is 3.13. The predicted molar refractivity (Wildman–Crippen MR) is 121 cm³/mol. The minimum atomic E-state index is -0.415. The van der Waals surface area contributed by atoms with Crippen LogP contribution in [0.5, 0.6) is 0 Å². The Morgan fingerprint density at radius 2 is 1.93 bits per heavy atom. The molecular weight excluding hydrogens is 479 g/mol. The highest BCUT2D eigenvalue weighted by molar-refractivity contribution is 14.0. The zero-order valence-electron chi connectivity index (χ0n) is 17.0. The maximum Gasteiger partial charge on any atom is 0.193 e. The molecule has 160 valence electrons. The lowest BCUT2D eigenvalue weighted by molar-refractivity contribution is 0.161. The van der Waals surface area contributed by atoms with Gasteiger partial charge in [-0.15, -0.1) is 24.0 Å². The van der Waals surface area contributed by atoms with E-state index in [1.54, 1.807) is 14.2 Å². The Labute approximate surface area is 183 Å². The van der Waals surface area contributed by atoms with E-state index in [4.69, 9.17) is 4.74 Å². The van der Waals surface area contributed by atoms with Crippen LogP contribution in [-0.4, -0.2) is 89.4 Å². The van der Waals surface area contributed by atoms with Gasteiger partial charge >= 0.3 is 0 Å². The zero-order chi connectivity index (χ0) is 19.6. The molecule has 1 N–H and O–H groups in total. The van der Waals surface area contributed by atoms with Crippen LogP contribution in [0.1, 0.15) is 6.42 Å². The molecule has 1 aliphatic heterocycles. The molecule has 28 heavy (non-hydrogen) atoms. The Morgan fingerprint density at radius 1 is 1.21 bits per heavy atom. The molecule has 0 unspecified atom stereocenters. The highest BCUT2D eigenvalue weighted by Gasteiger charge is 2.21. The van der Waals surface area contributed by atoms with Gasteiger partial charge in [0.1, 0.15) is 11.6 Å². The van der Waals surface area contributed by atoms with Gasteiger partial charge in [-0.25, -0.2) is 8.78 Å². The van der Waals surface area contributed by atoms with Crippen molar-refractivity contribution in [3.8, 4) is 0 Å². The molecule has 0 saturated carbocycles. The molecule has 0 aliphatic carbocycles. The third-order valence-electron chi connectivity index (χ3n) is 4.72. The Bertz CT molecular complexity index is 612. The van der Waals surface area contributed by atoms with Crippen LogP contribution < -0.4 is 10.2 Å². The second-order valence-electron chi connectivity index (χ2n) is 6.69. The molecule has 0 atom stereocenters. The van der Waals surface area contributed by atoms with Crippen molar-refractivity contribution in [1.82, 2.24) is 15.1 Å². The molecule has 0 aromatic heterocycles. The third-order valence-corrected chi connectivity index (χ3v) is 4.72. The lowest BCUT2D eigenvalue weighted by Crippen LogP contribution is -2.53. The van der Waals surface area contributed by atoms with E-state index in [2.05, 4.69) is 27.2 Å². The van der Waals surface area contributed by atoms with Crippen LogP contribution in [0, 0.1) is 11.6 Å². The zero-order valence-corrected chi connectivity index (χ0v) is 19.3. The third kappa shape index (κ3) is 7.67. The molecule has 1 saturated heterocycles. The van der Waals surface area contributed by atoms with Gasteiger partial charge in [0.25, 0.3) is 0 Å². The standard InChI is InChI=1S/C19H31F2N5O.HI/c1-22-19(23-7-4-8-24(2)13-14-27-3)26-11-9-25(10-12-26)18-15-16(20)5-6-17(18)21;/h5-6,15H,4,7-14H2,1-3H3,(H,22,23);1H. The molecule has 1 aliphatic rings. The number of nitrogens with zero attached hydrogens (tertiary/aromatic N) is 4. The maximum absolute atomic E-state index is 14.0. The average molecular weight is 511 g/mol. The summed E-state index contributed by atoms with van der Waals surface area (Å²) in [7, 11) is 5.56. The summed E-state index contributed by atoms with van der Waals surface area (Å²) in [6.45, 7) is 6.16. The lowest BCUT2D eigenvalue weighted by atomic mass is 10.2. The summed E-state index contributed by atoms with van der Waals surface area (Å²) in [5.74, 6) is 0.0561. The second-order valence-corrected chi connectivity index (χ2v) is 6.69. The molecular formula is C19H32F2IN5O. The average Bonchev–Trinajstić information content (AvgIpc) is 2.68. The summed E-state index contributed by atoms with van der Waals surface area (Å²) in [6.07, 6.45) is 1.01. The van der Waals surface area contributed by atoms with Crippen LogP contribution in [0.3, 0.4) is 0 Å². The first kappa shape index (κ1) is 24.8. The first-order chi connectivity index (χ1) is 13.0. The van der Waals surface area contributed by atoms with Crippen molar-refractivity contribution in [1.29, 1.82) is 0 Å². The Morgan fingerprint density at radius 3 is 2.57 bits per heavy atom. The summed E-state index contributed by atoms with van der Waals surface area (Å²) in [6, 6.07) is 3.59. The SMILES string of the molecule is CN=C(NCCCN(C)CCOC)N1CCN(c2cc(F)ccc2F)CC1.I. The maximum atomic E-state index is 14.0. The van der Waals surface area contributed by atoms with E-state index in [0.717, 1.165) is 44.7 Å². The fraction of sp³-hybridized carbons (Fsp3) is 0.632. The van der Waals surface area contributed by atoms with E-state index in [9.17, 15) is 8.78 Å². The molecule has 1 fully saturated rings. The monoisotopic (exact) mass is 511 g/mol. The summed E-state index contributed by atoms with van der Waals surface area (Å²) in [5.41, 5.74) is 0.330. The number of nitrogens with one attached hydrogen (secondary N) is 1. The highest BCUT2D eigenvalue weighted by atomic mass is 127. The van der Waals surface area contributed by atoms with Gasteiger partial charge in [0.05, 0.1) is 12.3 Å². The van der Waals surface area contributed by atoms with Gasteiger partial charge in [-0.3, -0.25) is 4.99 Å². The number of halogens is 3. The van der Waals surface area contributed by atoms with Gasteiger partial charge in [-0.2, -0.15) is 0 Å². The van der Waals surface area contributed by atoms with Crippen LogP contribution in [0.25, 0.3) is 0 Å². The number of likely N-dealkylation sites (N-methyl/N-ethyl adjacent to an activating group) is 1. The van der Waals surface area contributed by atoms with Crippen molar-refractivity contribution < 1.29 is 13.5 Å². The van der Waals surface area contributed by atoms with Crippen molar-refractivity contribution in [2.75, 3.05) is 78.5 Å². The molecule has 1 heterocycles. The summed E-state index contributed by atoms with van der Waals surface area (Å²) in [4.78, 5) is 10.6. The topological polar surface area (TPSA) is 43.3 Å². The molecule has 1 aromatic rings. The first-order valence-electron chi connectivity index (χ1n) is 9.38. The Balaban J connectivity index is 0.00000392. The van der Waals surface area contributed by atoms with E-state index >= 15 is 0 Å². The molecule has 1 aromatic carbocycles. The fourth-order valence-corrected chi connectivity index (χ4v) is 3.13. The molecule has 0 spiro atoms.